The van der Waals surface area contributed by atoms with Crippen molar-refractivity contribution in [3.8, 4) is 5.75 Å². The van der Waals surface area contributed by atoms with Gasteiger partial charge in [-0.1, -0.05) is 18.2 Å². The Kier molecular flexibility index (Phi) is 6.30. The van der Waals surface area contributed by atoms with Crippen LogP contribution in [0, 0.1) is 0 Å². The second-order valence-electron chi connectivity index (χ2n) is 5.02. The van der Waals surface area contributed by atoms with E-state index in [1.54, 1.807) is 0 Å². The minimum atomic E-state index is -0.687. The summed E-state index contributed by atoms with van der Waals surface area (Å²) in [7, 11) is 0. The molecule has 1 aromatic carbocycles. The Morgan fingerprint density at radius 2 is 2.29 bits per heavy atom. The zero-order chi connectivity index (χ0) is 14.9. The van der Waals surface area contributed by atoms with Crippen LogP contribution in [0.15, 0.2) is 35.3 Å². The number of ether oxygens (including phenoxy) is 2. The first kappa shape index (κ1) is 15.6. The monoisotopic (exact) mass is 293 g/mol. The molecule has 1 aromatic rings. The van der Waals surface area contributed by atoms with Crippen LogP contribution in [-0.2, 0) is 4.74 Å². The molecular formula is C15H23N3O3. The molecule has 1 fully saturated rings. The third kappa shape index (κ3) is 6.01. The van der Waals surface area contributed by atoms with Crippen molar-refractivity contribution >= 4 is 5.96 Å². The van der Waals surface area contributed by atoms with Crippen LogP contribution in [0.4, 0.5) is 0 Å². The fourth-order valence-electron chi connectivity index (χ4n) is 2.05. The van der Waals surface area contributed by atoms with Crippen LogP contribution in [0.5, 0.6) is 5.75 Å². The Bertz CT molecular complexity index is 433. The van der Waals surface area contributed by atoms with Crippen LogP contribution in [0.25, 0.3) is 0 Å². The molecule has 6 nitrogen and oxygen atoms in total. The van der Waals surface area contributed by atoms with Crippen LogP contribution < -0.4 is 15.8 Å². The zero-order valence-electron chi connectivity index (χ0n) is 12.1. The van der Waals surface area contributed by atoms with Gasteiger partial charge in [-0.25, -0.2) is 0 Å². The molecular weight excluding hydrogens is 270 g/mol. The Morgan fingerprint density at radius 1 is 1.48 bits per heavy atom. The molecule has 0 saturated carbocycles. The summed E-state index contributed by atoms with van der Waals surface area (Å²) in [6.07, 6.45) is 1.67. The van der Waals surface area contributed by atoms with Gasteiger partial charge in [-0.2, -0.15) is 0 Å². The van der Waals surface area contributed by atoms with Crippen molar-refractivity contribution < 1.29 is 14.6 Å². The minimum Gasteiger partial charge on any atom is -0.491 e. The molecule has 2 rings (SSSR count). The predicted octanol–water partition coefficient (Wildman–Crippen LogP) is 0.510. The van der Waals surface area contributed by atoms with Crippen molar-refractivity contribution in [3.63, 3.8) is 0 Å². The Hall–Kier alpha value is -1.79. The molecule has 1 heterocycles. The number of nitrogens with one attached hydrogen (secondary N) is 1. The first-order valence-electron chi connectivity index (χ1n) is 7.25. The van der Waals surface area contributed by atoms with E-state index in [-0.39, 0.29) is 19.3 Å². The maximum Gasteiger partial charge on any atom is 0.188 e. The topological polar surface area (TPSA) is 89.1 Å². The SMILES string of the molecule is NC(=NCC(O)COc1ccccc1)NCC1CCCO1. The highest BCUT2D eigenvalue weighted by Crippen LogP contribution is 2.10. The number of nitrogens with zero attached hydrogens (tertiary/aromatic N) is 1. The van der Waals surface area contributed by atoms with E-state index >= 15 is 0 Å². The number of aliphatic hydroxyl groups is 1. The Labute approximate surface area is 125 Å². The van der Waals surface area contributed by atoms with Gasteiger partial charge in [0.05, 0.1) is 12.6 Å². The fraction of sp³-hybridized carbons (Fsp3) is 0.533. The third-order valence-electron chi connectivity index (χ3n) is 3.19. The van der Waals surface area contributed by atoms with Gasteiger partial charge in [-0.3, -0.25) is 4.99 Å². The van der Waals surface area contributed by atoms with Crippen molar-refractivity contribution in [2.45, 2.75) is 25.0 Å². The summed E-state index contributed by atoms with van der Waals surface area (Å²) < 4.78 is 10.9. The van der Waals surface area contributed by atoms with Gasteiger partial charge in [-0.15, -0.1) is 0 Å². The molecule has 1 saturated heterocycles. The van der Waals surface area contributed by atoms with Crippen LogP contribution in [0.1, 0.15) is 12.8 Å². The first-order chi connectivity index (χ1) is 10.2. The molecule has 116 valence electrons. The van der Waals surface area contributed by atoms with Crippen LogP contribution in [0.3, 0.4) is 0 Å². The van der Waals surface area contributed by atoms with Gasteiger partial charge in [0.1, 0.15) is 18.5 Å². The summed E-state index contributed by atoms with van der Waals surface area (Å²) >= 11 is 0. The maximum atomic E-state index is 9.80. The molecule has 0 bridgehead atoms. The highest BCUT2D eigenvalue weighted by molar-refractivity contribution is 5.77. The smallest absolute Gasteiger partial charge is 0.188 e. The van der Waals surface area contributed by atoms with Crippen molar-refractivity contribution in [1.82, 2.24) is 5.32 Å². The number of benzene rings is 1. The summed E-state index contributed by atoms with van der Waals surface area (Å²) in [5, 5.41) is 12.8. The quantitative estimate of drug-likeness (QED) is 0.503. The summed E-state index contributed by atoms with van der Waals surface area (Å²) in [6, 6.07) is 9.36. The minimum absolute atomic E-state index is 0.187. The summed E-state index contributed by atoms with van der Waals surface area (Å²) in [5.74, 6) is 1.05. The number of nitrogens with two attached hydrogens (primary N) is 1. The molecule has 1 aliphatic heterocycles. The molecule has 2 atom stereocenters. The molecule has 0 aromatic heterocycles. The molecule has 4 N–H and O–H groups in total. The van der Waals surface area contributed by atoms with E-state index in [0.717, 1.165) is 25.2 Å². The Balaban J connectivity index is 1.62. The van der Waals surface area contributed by atoms with Gasteiger partial charge < -0.3 is 25.6 Å². The molecule has 21 heavy (non-hydrogen) atoms. The van der Waals surface area contributed by atoms with Crippen molar-refractivity contribution in [3.05, 3.63) is 30.3 Å². The zero-order valence-corrected chi connectivity index (χ0v) is 12.1. The van der Waals surface area contributed by atoms with E-state index in [1.807, 2.05) is 30.3 Å². The van der Waals surface area contributed by atoms with E-state index in [1.165, 1.54) is 0 Å². The first-order valence-corrected chi connectivity index (χ1v) is 7.25. The molecule has 1 aliphatic rings. The molecule has 0 spiro atoms. The van der Waals surface area contributed by atoms with Gasteiger partial charge in [0.15, 0.2) is 5.96 Å². The standard InChI is InChI=1S/C15H23N3O3/c16-15(18-10-14-7-4-8-20-14)17-9-12(19)11-21-13-5-2-1-3-6-13/h1-3,5-6,12,14,19H,4,7-11H2,(H3,16,17,18). The number of aliphatic imine (C=N–C) groups is 1. The lowest BCUT2D eigenvalue weighted by molar-refractivity contribution is 0.112. The summed E-state index contributed by atoms with van der Waals surface area (Å²) in [6.45, 7) is 1.87. The van der Waals surface area contributed by atoms with Crippen LogP contribution in [0.2, 0.25) is 0 Å². The van der Waals surface area contributed by atoms with Gasteiger partial charge in [0.25, 0.3) is 0 Å². The predicted molar refractivity (Wildman–Crippen MR) is 81.4 cm³/mol. The van der Waals surface area contributed by atoms with Crippen LogP contribution >= 0.6 is 0 Å². The van der Waals surface area contributed by atoms with Gasteiger partial charge in [0.2, 0.25) is 0 Å². The highest BCUT2D eigenvalue weighted by Gasteiger charge is 2.15. The number of para-hydroxylation sites is 1. The fourth-order valence-corrected chi connectivity index (χ4v) is 2.05. The van der Waals surface area contributed by atoms with Crippen molar-refractivity contribution in [2.75, 3.05) is 26.3 Å². The summed E-state index contributed by atoms with van der Waals surface area (Å²) in [5.41, 5.74) is 5.74. The summed E-state index contributed by atoms with van der Waals surface area (Å²) in [4.78, 5) is 4.10. The second-order valence-corrected chi connectivity index (χ2v) is 5.02. The maximum absolute atomic E-state index is 9.80. The lowest BCUT2D eigenvalue weighted by Gasteiger charge is -2.13. The lowest BCUT2D eigenvalue weighted by atomic mass is 10.2. The lowest BCUT2D eigenvalue weighted by Crippen LogP contribution is -2.38. The molecule has 0 aliphatic carbocycles. The van der Waals surface area contributed by atoms with E-state index in [9.17, 15) is 5.11 Å². The number of hydrogen-bond acceptors (Lipinski definition) is 4. The van der Waals surface area contributed by atoms with Gasteiger partial charge >= 0.3 is 0 Å². The average molecular weight is 293 g/mol. The van der Waals surface area contributed by atoms with Crippen molar-refractivity contribution in [2.24, 2.45) is 10.7 Å². The Morgan fingerprint density at radius 3 is 3.00 bits per heavy atom. The van der Waals surface area contributed by atoms with E-state index in [0.29, 0.717) is 12.5 Å². The molecule has 2 unspecified atom stereocenters. The largest absolute Gasteiger partial charge is 0.491 e. The normalized spacial score (nSPS) is 20.2. The highest BCUT2D eigenvalue weighted by atomic mass is 16.5. The molecule has 0 radical (unpaired) electrons. The number of rotatable bonds is 7. The molecule has 6 heteroatoms. The number of guanidine groups is 1. The van der Waals surface area contributed by atoms with E-state index < -0.39 is 6.10 Å². The second kappa shape index (κ2) is 8.49. The van der Waals surface area contributed by atoms with Crippen LogP contribution in [-0.4, -0.2) is 49.6 Å². The van der Waals surface area contributed by atoms with Gasteiger partial charge in [0, 0.05) is 13.2 Å². The molecule has 0 amide bonds. The van der Waals surface area contributed by atoms with Gasteiger partial charge in [-0.05, 0) is 25.0 Å². The average Bonchev–Trinajstić information content (AvgIpc) is 3.03. The van der Waals surface area contributed by atoms with E-state index in [2.05, 4.69) is 10.3 Å². The van der Waals surface area contributed by atoms with Crippen molar-refractivity contribution in [1.29, 1.82) is 0 Å². The van der Waals surface area contributed by atoms with E-state index in [4.69, 9.17) is 15.2 Å². The third-order valence-corrected chi connectivity index (χ3v) is 3.19. The number of hydrogen-bond donors (Lipinski definition) is 3. The number of aliphatic hydroxyl groups excluding tert-OH is 1.